The molecule has 3 amide bonds. The summed E-state index contributed by atoms with van der Waals surface area (Å²) in [6.45, 7) is 14.5. The largest absolute Gasteiger partial charge is 0.494 e. The molecule has 2 aliphatic rings. The number of carbonyl (C=O) groups is 3. The molecule has 0 spiro atoms. The number of aliphatic imine (C=N–C) groups is 1. The van der Waals surface area contributed by atoms with Crippen molar-refractivity contribution in [3.8, 4) is 10.8 Å². The minimum Gasteiger partial charge on any atom is -0.494 e. The second-order valence-corrected chi connectivity index (χ2v) is 16.6. The molecule has 6 rings (SSSR count). The van der Waals surface area contributed by atoms with Crippen LogP contribution in [0.25, 0.3) is 5.00 Å². The minimum absolute atomic E-state index is 0.0879. The first kappa shape index (κ1) is 39.8. The van der Waals surface area contributed by atoms with Crippen LogP contribution >= 0.6 is 11.3 Å². The molecule has 2 aliphatic heterocycles. The van der Waals surface area contributed by atoms with Crippen LogP contribution in [0.5, 0.6) is 5.75 Å². The van der Waals surface area contributed by atoms with Crippen LogP contribution < -0.4 is 15.4 Å². The Morgan fingerprint density at radius 1 is 1.00 bits per heavy atom. The number of aliphatic hydroxyl groups excluding tert-OH is 1. The Hall–Kier alpha value is -4.92. The van der Waals surface area contributed by atoms with Gasteiger partial charge in [0.2, 0.25) is 17.7 Å². The Labute approximate surface area is 326 Å². The number of hydrogen-bond donors (Lipinski definition) is 3. The maximum Gasteiger partial charge on any atom is 0.246 e. The van der Waals surface area contributed by atoms with Gasteiger partial charge < -0.3 is 30.1 Å². The van der Waals surface area contributed by atoms with E-state index in [-0.39, 0.29) is 43.3 Å². The molecule has 292 valence electrons. The minimum atomic E-state index is -0.736. The monoisotopic (exact) mass is 769 g/mol. The number of fused-ring (bicyclic) bond motifs is 3. The van der Waals surface area contributed by atoms with Crippen LogP contribution in [-0.4, -0.2) is 92.8 Å². The van der Waals surface area contributed by atoms with E-state index in [0.29, 0.717) is 43.3 Å². The number of thiophene rings is 1. The topological polar surface area (TPSA) is 160 Å². The molecule has 55 heavy (non-hydrogen) atoms. The number of aryl methyl sites for hydroxylation is 2. The van der Waals surface area contributed by atoms with E-state index in [1.54, 1.807) is 16.2 Å². The lowest BCUT2D eigenvalue weighted by molar-refractivity contribution is -0.141. The zero-order valence-electron chi connectivity index (χ0n) is 32.6. The number of ether oxygens (including phenoxy) is 2. The molecule has 13 nitrogen and oxygen atoms in total. The van der Waals surface area contributed by atoms with Gasteiger partial charge >= 0.3 is 0 Å². The lowest BCUT2D eigenvalue weighted by atomic mass is 9.85. The lowest BCUT2D eigenvalue weighted by Gasteiger charge is -2.35. The van der Waals surface area contributed by atoms with Gasteiger partial charge in [0.25, 0.3) is 0 Å². The number of aliphatic hydroxyl groups is 1. The summed E-state index contributed by atoms with van der Waals surface area (Å²) in [6, 6.07) is 15.7. The first-order valence-electron chi connectivity index (χ1n) is 18.8. The number of amides is 3. The molecular weight excluding hydrogens is 719 g/mol. The summed E-state index contributed by atoms with van der Waals surface area (Å²) in [5.41, 5.74) is 3.97. The molecule has 2 aromatic carbocycles. The number of benzene rings is 2. The lowest BCUT2D eigenvalue weighted by Crippen LogP contribution is -2.56. The number of hydrogen-bond acceptors (Lipinski definition) is 10. The number of β-amino-alcohol motifs (C(OH)–C–C–N with tert-alkyl or cyclic N) is 1. The molecule has 0 saturated carbocycles. The molecule has 4 heterocycles. The predicted octanol–water partition coefficient (Wildman–Crippen LogP) is 5.47. The summed E-state index contributed by atoms with van der Waals surface area (Å²) in [5, 5.41) is 25.7. The van der Waals surface area contributed by atoms with Crippen molar-refractivity contribution < 1.29 is 29.0 Å². The zero-order valence-corrected chi connectivity index (χ0v) is 33.4. The Morgan fingerprint density at radius 3 is 2.40 bits per heavy atom. The van der Waals surface area contributed by atoms with Gasteiger partial charge in [-0.15, -0.1) is 21.5 Å². The molecule has 4 atom stereocenters. The van der Waals surface area contributed by atoms with Crippen molar-refractivity contribution in [3.63, 3.8) is 0 Å². The summed E-state index contributed by atoms with van der Waals surface area (Å²) >= 11 is 1.66. The summed E-state index contributed by atoms with van der Waals surface area (Å²) in [6.07, 6.45) is 0.618. The standard InChI is InChI=1S/C41H51N7O6S/c1-24-20-30(49)22-47(24)39(52)37(41(5,6)7)44-34(51)23-53-18-11-19-54-31-16-14-28(15-17-31)36-35-25(2)26(3)55-40(35)48-27(4)45-46-38(48)32(43-36)21-33(50)42-29-12-9-8-10-13-29/h8-10,12-17,24,30,32,37,49H,11,18-23H2,1-7H3,(H,42,50)(H,44,51)/t24-,30-,32+,37-/m1/s1. The molecule has 3 N–H and O–H groups in total. The maximum atomic E-state index is 13.3. The van der Waals surface area contributed by atoms with Gasteiger partial charge in [0.1, 0.15) is 35.3 Å². The quantitative estimate of drug-likeness (QED) is 0.151. The molecular formula is C41H51N7O6S. The number of anilines is 1. The second-order valence-electron chi connectivity index (χ2n) is 15.4. The fourth-order valence-electron chi connectivity index (χ4n) is 6.99. The third-order valence-corrected chi connectivity index (χ3v) is 11.2. The Morgan fingerprint density at radius 2 is 1.73 bits per heavy atom. The summed E-state index contributed by atoms with van der Waals surface area (Å²) in [5.74, 6) is 1.30. The molecule has 0 unspecified atom stereocenters. The summed E-state index contributed by atoms with van der Waals surface area (Å²) in [4.78, 5) is 47.4. The number of aromatic nitrogens is 3. The van der Waals surface area contributed by atoms with Crippen molar-refractivity contribution in [2.45, 2.75) is 92.0 Å². The van der Waals surface area contributed by atoms with Crippen molar-refractivity contribution in [1.82, 2.24) is 25.0 Å². The average Bonchev–Trinajstić information content (AvgIpc) is 3.76. The molecule has 14 heteroatoms. The van der Waals surface area contributed by atoms with E-state index < -0.39 is 23.6 Å². The third kappa shape index (κ3) is 9.14. The van der Waals surface area contributed by atoms with E-state index in [4.69, 9.17) is 14.5 Å². The van der Waals surface area contributed by atoms with Gasteiger partial charge in [-0.1, -0.05) is 39.0 Å². The average molecular weight is 770 g/mol. The smallest absolute Gasteiger partial charge is 0.246 e. The third-order valence-electron chi connectivity index (χ3n) is 9.99. The Balaban J connectivity index is 1.07. The van der Waals surface area contributed by atoms with Gasteiger partial charge in [0.15, 0.2) is 5.82 Å². The number of nitrogens with one attached hydrogen (secondary N) is 2. The SMILES string of the molecule is Cc1sc2c(c1C)C(c1ccc(OCCCOCC(=O)N[C@H](C(=O)N3C[C@H](O)C[C@H]3C)C(C)(C)C)cc1)=N[C@@H](CC(=O)Nc1ccccc1)c1nnc(C)n1-2. The predicted molar refractivity (Wildman–Crippen MR) is 212 cm³/mol. The summed E-state index contributed by atoms with van der Waals surface area (Å²) in [7, 11) is 0. The Bertz CT molecular complexity index is 2040. The maximum absolute atomic E-state index is 13.3. The molecule has 1 saturated heterocycles. The highest BCUT2D eigenvalue weighted by Gasteiger charge is 2.40. The van der Waals surface area contributed by atoms with E-state index in [1.807, 2.05) is 93.8 Å². The van der Waals surface area contributed by atoms with Gasteiger partial charge in [0.05, 0.1) is 31.5 Å². The van der Waals surface area contributed by atoms with E-state index in [1.165, 1.54) is 0 Å². The highest BCUT2D eigenvalue weighted by atomic mass is 32.1. The van der Waals surface area contributed by atoms with E-state index in [9.17, 15) is 19.5 Å². The molecule has 0 aliphatic carbocycles. The molecule has 2 aromatic heterocycles. The van der Waals surface area contributed by atoms with Crippen LogP contribution in [0.1, 0.15) is 86.2 Å². The summed E-state index contributed by atoms with van der Waals surface area (Å²) < 4.78 is 13.7. The highest BCUT2D eigenvalue weighted by molar-refractivity contribution is 7.15. The van der Waals surface area contributed by atoms with Crippen LogP contribution in [0, 0.1) is 26.2 Å². The normalized spacial score (nSPS) is 18.5. The number of likely N-dealkylation sites (tertiary alicyclic amines) is 1. The van der Waals surface area contributed by atoms with Gasteiger partial charge in [0, 0.05) is 40.7 Å². The first-order valence-corrected chi connectivity index (χ1v) is 19.6. The molecule has 0 radical (unpaired) electrons. The van der Waals surface area contributed by atoms with Crippen molar-refractivity contribution in [2.24, 2.45) is 10.4 Å². The van der Waals surface area contributed by atoms with Crippen molar-refractivity contribution in [2.75, 3.05) is 31.7 Å². The number of rotatable bonds is 13. The van der Waals surface area contributed by atoms with E-state index >= 15 is 0 Å². The number of para-hydroxylation sites is 1. The number of nitrogens with zero attached hydrogens (tertiary/aromatic N) is 5. The van der Waals surface area contributed by atoms with Gasteiger partial charge in [-0.3, -0.25) is 23.9 Å². The van der Waals surface area contributed by atoms with E-state index in [0.717, 1.165) is 38.1 Å². The molecule has 1 fully saturated rings. The number of carbonyl (C=O) groups excluding carboxylic acids is 3. The first-order chi connectivity index (χ1) is 26.2. The van der Waals surface area contributed by atoms with Crippen molar-refractivity contribution in [1.29, 1.82) is 0 Å². The van der Waals surface area contributed by atoms with Crippen LogP contribution in [-0.2, 0) is 19.1 Å². The highest BCUT2D eigenvalue weighted by Crippen LogP contribution is 2.40. The van der Waals surface area contributed by atoms with Crippen molar-refractivity contribution in [3.05, 3.63) is 87.8 Å². The van der Waals surface area contributed by atoms with Gasteiger partial charge in [-0.05, 0) is 81.5 Å². The Kier molecular flexibility index (Phi) is 12.2. The fraction of sp³-hybridized carbons (Fsp3) is 0.463. The van der Waals surface area contributed by atoms with E-state index in [2.05, 4.69) is 34.7 Å². The fourth-order valence-corrected chi connectivity index (χ4v) is 8.20. The van der Waals surface area contributed by atoms with Crippen LogP contribution in [0.15, 0.2) is 59.6 Å². The zero-order chi connectivity index (χ0) is 39.4. The molecule has 0 bridgehead atoms. The second kappa shape index (κ2) is 16.8. The van der Waals surface area contributed by atoms with Gasteiger partial charge in [-0.2, -0.15) is 0 Å². The van der Waals surface area contributed by atoms with Crippen LogP contribution in [0.4, 0.5) is 5.69 Å². The van der Waals surface area contributed by atoms with Crippen molar-refractivity contribution >= 4 is 40.5 Å². The van der Waals surface area contributed by atoms with Crippen LogP contribution in [0.3, 0.4) is 0 Å². The molecule has 4 aromatic rings. The van der Waals surface area contributed by atoms with Crippen LogP contribution in [0.2, 0.25) is 0 Å². The van der Waals surface area contributed by atoms with Gasteiger partial charge in [-0.25, -0.2) is 0 Å².